The van der Waals surface area contributed by atoms with Gasteiger partial charge in [0.15, 0.2) is 0 Å². The molecule has 0 bridgehead atoms. The third-order valence-electron chi connectivity index (χ3n) is 5.85. The number of hydrogen-bond donors (Lipinski definition) is 1. The molecule has 0 aromatic heterocycles. The van der Waals surface area contributed by atoms with E-state index in [-0.39, 0.29) is 29.8 Å². The number of halogens is 1. The van der Waals surface area contributed by atoms with Gasteiger partial charge in [0.2, 0.25) is 11.8 Å². The van der Waals surface area contributed by atoms with Crippen molar-refractivity contribution < 1.29 is 14.3 Å². The van der Waals surface area contributed by atoms with Crippen LogP contribution in [-0.2, 0) is 14.3 Å². The lowest BCUT2D eigenvalue weighted by Crippen LogP contribution is -2.49. The third kappa shape index (κ3) is 5.26. The number of rotatable bonds is 7. The molecular formula is C22H31ClN2O3. The van der Waals surface area contributed by atoms with E-state index in [0.717, 1.165) is 49.7 Å². The summed E-state index contributed by atoms with van der Waals surface area (Å²) in [5.74, 6) is -0.492. The van der Waals surface area contributed by atoms with E-state index in [4.69, 9.17) is 16.3 Å². The van der Waals surface area contributed by atoms with Crippen LogP contribution in [0.4, 0.5) is 0 Å². The lowest BCUT2D eigenvalue weighted by Gasteiger charge is -2.35. The average Bonchev–Trinajstić information content (AvgIpc) is 3.22. The van der Waals surface area contributed by atoms with Crippen LogP contribution >= 0.6 is 11.6 Å². The predicted octanol–water partition coefficient (Wildman–Crippen LogP) is 3.73. The summed E-state index contributed by atoms with van der Waals surface area (Å²) in [7, 11) is 0. The van der Waals surface area contributed by atoms with Crippen molar-refractivity contribution in [2.75, 3.05) is 19.0 Å². The molecule has 2 aliphatic rings. The maximum atomic E-state index is 13.4. The fourth-order valence-electron chi connectivity index (χ4n) is 4.31. The molecule has 1 aliphatic heterocycles. The van der Waals surface area contributed by atoms with E-state index < -0.39 is 6.04 Å². The van der Waals surface area contributed by atoms with Gasteiger partial charge in [-0.25, -0.2) is 0 Å². The highest BCUT2D eigenvalue weighted by molar-refractivity contribution is 6.27. The molecule has 1 N–H and O–H groups in total. The second-order valence-corrected chi connectivity index (χ2v) is 8.18. The lowest BCUT2D eigenvalue weighted by molar-refractivity contribution is -0.141. The Morgan fingerprint density at radius 1 is 1.18 bits per heavy atom. The molecule has 1 saturated carbocycles. The van der Waals surface area contributed by atoms with Crippen LogP contribution in [0.1, 0.15) is 62.1 Å². The predicted molar refractivity (Wildman–Crippen MR) is 110 cm³/mol. The summed E-state index contributed by atoms with van der Waals surface area (Å²) in [6.45, 7) is 3.07. The van der Waals surface area contributed by atoms with Crippen molar-refractivity contribution in [3.63, 3.8) is 0 Å². The topological polar surface area (TPSA) is 58.6 Å². The molecule has 3 rings (SSSR count). The van der Waals surface area contributed by atoms with Crippen LogP contribution < -0.4 is 5.32 Å². The highest BCUT2D eigenvalue weighted by Gasteiger charge is 2.35. The van der Waals surface area contributed by atoms with Gasteiger partial charge in [-0.3, -0.25) is 9.59 Å². The summed E-state index contributed by atoms with van der Waals surface area (Å²) >= 11 is 5.94. The van der Waals surface area contributed by atoms with Crippen molar-refractivity contribution in [1.82, 2.24) is 10.2 Å². The Labute approximate surface area is 172 Å². The van der Waals surface area contributed by atoms with Crippen LogP contribution in [0, 0.1) is 6.92 Å². The van der Waals surface area contributed by atoms with Gasteiger partial charge in [-0.1, -0.05) is 43.5 Å². The van der Waals surface area contributed by atoms with E-state index in [0.29, 0.717) is 13.2 Å². The molecule has 2 amide bonds. The van der Waals surface area contributed by atoms with E-state index in [2.05, 4.69) is 5.32 Å². The van der Waals surface area contributed by atoms with Gasteiger partial charge in [0.25, 0.3) is 0 Å². The molecule has 154 valence electrons. The Kier molecular flexibility index (Phi) is 7.74. The number of ether oxygens (including phenoxy) is 1. The average molecular weight is 407 g/mol. The van der Waals surface area contributed by atoms with Crippen molar-refractivity contribution >= 4 is 23.4 Å². The first-order valence-electron chi connectivity index (χ1n) is 10.4. The van der Waals surface area contributed by atoms with Crippen LogP contribution in [0.2, 0.25) is 0 Å². The standard InChI is InChI=1S/C22H31ClN2O3/c1-16-8-5-6-12-19(16)21(22(27)24-17-9-3-2-4-10-17)25(20(26)14-23)15-18-11-7-13-28-18/h5-6,8,12,17-18,21H,2-4,7,9-11,13-15H2,1H3,(H,24,27)/t18-,21+/m0/s1. The molecular weight excluding hydrogens is 376 g/mol. The van der Waals surface area contributed by atoms with Crippen molar-refractivity contribution in [2.24, 2.45) is 0 Å². The van der Waals surface area contributed by atoms with Gasteiger partial charge in [0, 0.05) is 19.2 Å². The second-order valence-electron chi connectivity index (χ2n) is 7.92. The molecule has 2 atom stereocenters. The quantitative estimate of drug-likeness (QED) is 0.702. The fraction of sp³-hybridized carbons (Fsp3) is 0.636. The summed E-state index contributed by atoms with van der Waals surface area (Å²) in [6, 6.07) is 7.28. The summed E-state index contributed by atoms with van der Waals surface area (Å²) in [4.78, 5) is 27.8. The Morgan fingerprint density at radius 3 is 2.57 bits per heavy atom. The van der Waals surface area contributed by atoms with Crippen molar-refractivity contribution in [3.05, 3.63) is 35.4 Å². The highest BCUT2D eigenvalue weighted by atomic mass is 35.5. The van der Waals surface area contributed by atoms with Crippen LogP contribution in [0.3, 0.4) is 0 Å². The molecule has 5 nitrogen and oxygen atoms in total. The fourth-order valence-corrected chi connectivity index (χ4v) is 4.46. The SMILES string of the molecule is Cc1ccccc1[C@H](C(=O)NC1CCCCC1)N(C[C@@H]1CCCO1)C(=O)CCl. The maximum absolute atomic E-state index is 13.4. The summed E-state index contributed by atoms with van der Waals surface area (Å²) < 4.78 is 5.76. The van der Waals surface area contributed by atoms with E-state index >= 15 is 0 Å². The molecule has 0 radical (unpaired) electrons. The van der Waals surface area contributed by atoms with Gasteiger partial charge in [-0.05, 0) is 43.7 Å². The number of nitrogens with zero attached hydrogens (tertiary/aromatic N) is 1. The first kappa shape index (κ1) is 21.1. The minimum Gasteiger partial charge on any atom is -0.376 e. The molecule has 1 aromatic carbocycles. The van der Waals surface area contributed by atoms with Gasteiger partial charge in [0.05, 0.1) is 6.10 Å². The van der Waals surface area contributed by atoms with Crippen LogP contribution in [0.25, 0.3) is 0 Å². The first-order valence-corrected chi connectivity index (χ1v) is 11.0. The molecule has 28 heavy (non-hydrogen) atoms. The summed E-state index contributed by atoms with van der Waals surface area (Å²) in [5.41, 5.74) is 1.85. The zero-order valence-corrected chi connectivity index (χ0v) is 17.4. The number of benzene rings is 1. The number of alkyl halides is 1. The Bertz CT molecular complexity index is 670. The lowest BCUT2D eigenvalue weighted by atomic mass is 9.94. The minimum absolute atomic E-state index is 0.0406. The van der Waals surface area contributed by atoms with E-state index in [1.165, 1.54) is 6.42 Å². The third-order valence-corrected chi connectivity index (χ3v) is 6.08. The number of carbonyl (C=O) groups excluding carboxylic acids is 2. The molecule has 6 heteroatoms. The number of hydrogen-bond acceptors (Lipinski definition) is 3. The maximum Gasteiger partial charge on any atom is 0.247 e. The van der Waals surface area contributed by atoms with E-state index in [1.807, 2.05) is 31.2 Å². The molecule has 1 saturated heterocycles. The van der Waals surface area contributed by atoms with Gasteiger partial charge < -0.3 is 15.0 Å². The van der Waals surface area contributed by atoms with Gasteiger partial charge in [0.1, 0.15) is 11.9 Å². The monoisotopic (exact) mass is 406 g/mol. The van der Waals surface area contributed by atoms with Crippen molar-refractivity contribution in [3.8, 4) is 0 Å². The zero-order valence-electron chi connectivity index (χ0n) is 16.7. The van der Waals surface area contributed by atoms with Gasteiger partial charge in [-0.15, -0.1) is 11.6 Å². The molecule has 1 heterocycles. The Morgan fingerprint density at radius 2 is 1.93 bits per heavy atom. The largest absolute Gasteiger partial charge is 0.376 e. The van der Waals surface area contributed by atoms with Gasteiger partial charge in [-0.2, -0.15) is 0 Å². The molecule has 2 fully saturated rings. The number of aryl methyl sites for hydroxylation is 1. The smallest absolute Gasteiger partial charge is 0.247 e. The first-order chi connectivity index (χ1) is 13.6. The molecule has 0 spiro atoms. The number of nitrogens with one attached hydrogen (secondary N) is 1. The Hall–Kier alpha value is -1.59. The number of carbonyl (C=O) groups is 2. The Balaban J connectivity index is 1.88. The second kappa shape index (κ2) is 10.3. The summed E-state index contributed by atoms with van der Waals surface area (Å²) in [6.07, 6.45) is 7.35. The van der Waals surface area contributed by atoms with Crippen molar-refractivity contribution in [2.45, 2.75) is 70.1 Å². The molecule has 0 unspecified atom stereocenters. The highest BCUT2D eigenvalue weighted by Crippen LogP contribution is 2.28. The van der Waals surface area contributed by atoms with Crippen LogP contribution in [-0.4, -0.2) is 47.9 Å². The summed E-state index contributed by atoms with van der Waals surface area (Å²) in [5, 5.41) is 3.21. The molecule has 1 aromatic rings. The molecule has 1 aliphatic carbocycles. The number of amides is 2. The van der Waals surface area contributed by atoms with Crippen molar-refractivity contribution in [1.29, 1.82) is 0 Å². The van der Waals surface area contributed by atoms with E-state index in [9.17, 15) is 9.59 Å². The van der Waals surface area contributed by atoms with Crippen LogP contribution in [0.5, 0.6) is 0 Å². The minimum atomic E-state index is -0.682. The van der Waals surface area contributed by atoms with Crippen LogP contribution in [0.15, 0.2) is 24.3 Å². The van der Waals surface area contributed by atoms with Gasteiger partial charge >= 0.3 is 0 Å². The normalized spacial score (nSPS) is 21.3. The van der Waals surface area contributed by atoms with E-state index in [1.54, 1.807) is 4.90 Å². The zero-order chi connectivity index (χ0) is 19.9.